The lowest BCUT2D eigenvalue weighted by Gasteiger charge is -2.23. The van der Waals surface area contributed by atoms with Gasteiger partial charge in [-0.25, -0.2) is 4.79 Å². The summed E-state index contributed by atoms with van der Waals surface area (Å²) in [4.78, 5) is 13.6. The number of nitrogens with zero attached hydrogens (tertiary/aromatic N) is 1. The van der Waals surface area contributed by atoms with Crippen molar-refractivity contribution in [1.29, 1.82) is 0 Å². The van der Waals surface area contributed by atoms with Crippen LogP contribution in [0.5, 0.6) is 0 Å². The van der Waals surface area contributed by atoms with Crippen molar-refractivity contribution < 1.29 is 49.0 Å². The summed E-state index contributed by atoms with van der Waals surface area (Å²) < 4.78 is 125. The minimum Gasteiger partial charge on any atom is -0.439 e. The lowest BCUT2D eigenvalue weighted by atomic mass is 9.95. The van der Waals surface area contributed by atoms with Crippen molar-refractivity contribution >= 4 is 6.09 Å². The molecule has 1 amide bonds. The number of carbonyl (C=O) groups is 1. The van der Waals surface area contributed by atoms with Crippen LogP contribution < -0.4 is 0 Å². The van der Waals surface area contributed by atoms with E-state index in [0.29, 0.717) is 12.1 Å². The average Bonchev–Trinajstić information content (AvgIpc) is 3.03. The predicted octanol–water partition coefficient (Wildman–Crippen LogP) is 8.22. The average molecular weight is 551 g/mol. The third kappa shape index (κ3) is 6.74. The number of cyclic esters (lactones) is 1. The molecule has 3 nitrogen and oxygen atoms in total. The number of rotatable bonds is 3. The van der Waals surface area contributed by atoms with Crippen LogP contribution >= 0.6 is 0 Å². The summed E-state index contributed by atoms with van der Waals surface area (Å²) in [6, 6.07) is 2.51. The van der Waals surface area contributed by atoms with Crippen LogP contribution in [0.1, 0.15) is 67.2 Å². The highest BCUT2D eigenvalue weighted by atomic mass is 19.4. The van der Waals surface area contributed by atoms with E-state index in [4.69, 9.17) is 4.74 Å². The van der Waals surface area contributed by atoms with Gasteiger partial charge in [0.1, 0.15) is 6.10 Å². The van der Waals surface area contributed by atoms with E-state index in [1.807, 2.05) is 0 Å². The normalized spacial score (nSPS) is 18.8. The van der Waals surface area contributed by atoms with E-state index in [9.17, 15) is 44.3 Å². The second-order valence-electron chi connectivity index (χ2n) is 9.88. The molecule has 3 rings (SSSR count). The number of alkyl halides is 9. The minimum absolute atomic E-state index is 0.0129. The number of halogens is 9. The number of ether oxygens (including phenoxy) is 1. The van der Waals surface area contributed by atoms with Gasteiger partial charge in [0.25, 0.3) is 0 Å². The first kappa shape index (κ1) is 29.2. The Morgan fingerprint density at radius 3 is 1.82 bits per heavy atom. The van der Waals surface area contributed by atoms with Crippen LogP contribution in [0, 0.1) is 17.3 Å². The molecular weight excluding hydrogens is 529 g/mol. The lowest BCUT2D eigenvalue weighted by molar-refractivity contribution is -0.143. The molecule has 0 radical (unpaired) electrons. The van der Waals surface area contributed by atoms with Crippen LogP contribution in [0.3, 0.4) is 0 Å². The maximum absolute atomic E-state index is 13.4. The molecule has 1 fully saturated rings. The van der Waals surface area contributed by atoms with Crippen molar-refractivity contribution in [2.24, 2.45) is 5.41 Å². The van der Waals surface area contributed by atoms with Gasteiger partial charge in [0, 0.05) is 11.0 Å². The fraction of sp³-hybridized carbons (Fsp3) is 0.423. The molecule has 1 aliphatic rings. The standard InChI is InChI=1S/C26H22F9NO2/c1-14-21(16-9-19(25(30,31)32)12-20(10-16)26(33,34)35)38-22(37)36(14)13-17-11-18(24(27,28)29)6-5-15(17)7-8-23(2,3)4/h5-6,9-12,14,21H,13H2,1-4H3/t14-,21-/m0/s1. The van der Waals surface area contributed by atoms with E-state index in [2.05, 4.69) is 11.8 Å². The molecule has 0 bridgehead atoms. The molecule has 2 aromatic carbocycles. The molecule has 0 saturated carbocycles. The molecule has 0 N–H and O–H groups in total. The Labute approximate surface area is 212 Å². The first-order valence-electron chi connectivity index (χ1n) is 11.2. The molecule has 0 aliphatic carbocycles. The van der Waals surface area contributed by atoms with Gasteiger partial charge in [-0.15, -0.1) is 0 Å². The Kier molecular flexibility index (Phi) is 7.49. The summed E-state index contributed by atoms with van der Waals surface area (Å²) >= 11 is 0. The largest absolute Gasteiger partial charge is 0.439 e. The Bertz CT molecular complexity index is 1240. The highest BCUT2D eigenvalue weighted by Gasteiger charge is 2.43. The van der Waals surface area contributed by atoms with Crippen molar-refractivity contribution in [1.82, 2.24) is 4.90 Å². The summed E-state index contributed by atoms with van der Waals surface area (Å²) in [6.45, 7) is 6.17. The maximum atomic E-state index is 13.4. The third-order valence-corrected chi connectivity index (χ3v) is 5.68. The van der Waals surface area contributed by atoms with Crippen molar-refractivity contribution in [3.63, 3.8) is 0 Å². The van der Waals surface area contributed by atoms with Gasteiger partial charge in [-0.2, -0.15) is 39.5 Å². The van der Waals surface area contributed by atoms with Gasteiger partial charge in [0.15, 0.2) is 0 Å². The fourth-order valence-electron chi connectivity index (χ4n) is 3.76. The first-order valence-corrected chi connectivity index (χ1v) is 11.2. The molecular formula is C26H22F9NO2. The molecule has 38 heavy (non-hydrogen) atoms. The van der Waals surface area contributed by atoms with E-state index in [1.165, 1.54) is 6.92 Å². The van der Waals surface area contributed by atoms with Crippen LogP contribution in [0.15, 0.2) is 36.4 Å². The number of amides is 1. The number of carbonyl (C=O) groups excluding carboxylic acids is 1. The first-order chi connectivity index (χ1) is 17.2. The Hall–Kier alpha value is -3.36. The Balaban J connectivity index is 2.03. The summed E-state index contributed by atoms with van der Waals surface area (Å²) in [5.74, 6) is 5.66. The van der Waals surface area contributed by atoms with Crippen molar-refractivity contribution in [3.05, 3.63) is 69.8 Å². The molecule has 2 atom stereocenters. The van der Waals surface area contributed by atoms with Gasteiger partial charge in [0.05, 0.1) is 29.3 Å². The summed E-state index contributed by atoms with van der Waals surface area (Å²) in [7, 11) is 0. The smallest absolute Gasteiger partial charge is 0.416 e. The van der Waals surface area contributed by atoms with Crippen molar-refractivity contribution in [2.75, 3.05) is 0 Å². The molecule has 12 heteroatoms. The SMILES string of the molecule is C[C@H]1[C@@H](c2cc(C(F)(F)F)cc(C(F)(F)F)c2)OC(=O)N1Cc1cc(C(F)(F)F)ccc1C#CC(C)(C)C. The molecule has 0 spiro atoms. The van der Waals surface area contributed by atoms with Crippen LogP contribution in [-0.4, -0.2) is 17.0 Å². The zero-order valence-corrected chi connectivity index (χ0v) is 20.5. The van der Waals surface area contributed by atoms with E-state index < -0.39 is 71.0 Å². The molecule has 0 unspecified atom stereocenters. The summed E-state index contributed by atoms with van der Waals surface area (Å²) in [5.41, 5.74) is -5.07. The minimum atomic E-state index is -5.11. The number of hydrogen-bond acceptors (Lipinski definition) is 2. The van der Waals surface area contributed by atoms with Gasteiger partial charge in [-0.05, 0) is 75.2 Å². The molecule has 2 aromatic rings. The second-order valence-corrected chi connectivity index (χ2v) is 9.88. The summed E-state index contributed by atoms with van der Waals surface area (Å²) in [6.07, 6.45) is -17.6. The predicted molar refractivity (Wildman–Crippen MR) is 118 cm³/mol. The van der Waals surface area contributed by atoms with E-state index >= 15 is 0 Å². The molecule has 1 saturated heterocycles. The highest BCUT2D eigenvalue weighted by molar-refractivity contribution is 5.71. The van der Waals surface area contributed by atoms with Gasteiger partial charge in [0.2, 0.25) is 0 Å². The van der Waals surface area contributed by atoms with E-state index in [1.54, 1.807) is 20.8 Å². The molecule has 0 aromatic heterocycles. The highest BCUT2D eigenvalue weighted by Crippen LogP contribution is 2.41. The quantitative estimate of drug-likeness (QED) is 0.284. The monoisotopic (exact) mass is 551 g/mol. The molecule has 1 heterocycles. The van der Waals surface area contributed by atoms with Gasteiger partial charge >= 0.3 is 24.6 Å². The Morgan fingerprint density at radius 1 is 0.816 bits per heavy atom. The van der Waals surface area contributed by atoms with Gasteiger partial charge in [-0.3, -0.25) is 4.90 Å². The lowest BCUT2D eigenvalue weighted by Crippen LogP contribution is -2.32. The second kappa shape index (κ2) is 9.75. The maximum Gasteiger partial charge on any atom is 0.416 e. The topological polar surface area (TPSA) is 29.5 Å². The number of benzene rings is 2. The molecule has 1 aliphatic heterocycles. The van der Waals surface area contributed by atoms with Gasteiger partial charge in [-0.1, -0.05) is 11.8 Å². The van der Waals surface area contributed by atoms with Crippen molar-refractivity contribution in [3.8, 4) is 11.8 Å². The molecule has 206 valence electrons. The van der Waals surface area contributed by atoms with Crippen LogP contribution in [0.25, 0.3) is 0 Å². The third-order valence-electron chi connectivity index (χ3n) is 5.68. The van der Waals surface area contributed by atoms with Crippen LogP contribution in [-0.2, 0) is 29.8 Å². The van der Waals surface area contributed by atoms with Crippen molar-refractivity contribution in [2.45, 2.75) is 64.9 Å². The zero-order chi connectivity index (χ0) is 28.8. The van der Waals surface area contributed by atoms with Crippen LogP contribution in [0.4, 0.5) is 44.3 Å². The summed E-state index contributed by atoms with van der Waals surface area (Å²) in [5, 5.41) is 0. The van der Waals surface area contributed by atoms with E-state index in [-0.39, 0.29) is 17.2 Å². The van der Waals surface area contributed by atoms with E-state index in [0.717, 1.165) is 23.1 Å². The Morgan fingerprint density at radius 2 is 1.34 bits per heavy atom. The number of hydrogen-bond donors (Lipinski definition) is 0. The zero-order valence-electron chi connectivity index (χ0n) is 20.5. The fourth-order valence-corrected chi connectivity index (χ4v) is 3.76. The van der Waals surface area contributed by atoms with Gasteiger partial charge < -0.3 is 4.74 Å². The van der Waals surface area contributed by atoms with Crippen LogP contribution in [0.2, 0.25) is 0 Å².